The van der Waals surface area contributed by atoms with Crippen molar-refractivity contribution in [1.82, 2.24) is 14.8 Å². The van der Waals surface area contributed by atoms with E-state index < -0.39 is 5.91 Å². The number of aromatic nitrogens is 3. The largest absolute Gasteiger partial charge is 0.497 e. The lowest BCUT2D eigenvalue weighted by atomic mass is 10.1. The zero-order valence-corrected chi connectivity index (χ0v) is 18.3. The van der Waals surface area contributed by atoms with E-state index in [-0.39, 0.29) is 5.82 Å². The predicted molar refractivity (Wildman–Crippen MR) is 122 cm³/mol. The quantitative estimate of drug-likeness (QED) is 0.414. The molecule has 0 aliphatic rings. The molecule has 0 atom stereocenters. The van der Waals surface area contributed by atoms with E-state index in [9.17, 15) is 4.79 Å². The van der Waals surface area contributed by atoms with Crippen LogP contribution in [0.4, 0.5) is 5.69 Å². The lowest BCUT2D eigenvalue weighted by Crippen LogP contribution is -2.14. The van der Waals surface area contributed by atoms with Gasteiger partial charge in [0.15, 0.2) is 5.82 Å². The number of amides is 1. The van der Waals surface area contributed by atoms with Gasteiger partial charge >= 0.3 is 0 Å². The Labute approximate surface area is 189 Å². The van der Waals surface area contributed by atoms with Gasteiger partial charge in [0, 0.05) is 11.3 Å². The van der Waals surface area contributed by atoms with E-state index in [0.29, 0.717) is 33.0 Å². The number of hydrogen-bond donors (Lipinski definition) is 1. The van der Waals surface area contributed by atoms with E-state index in [1.54, 1.807) is 54.3 Å². The van der Waals surface area contributed by atoms with E-state index in [1.165, 1.54) is 0 Å². The number of methoxy groups -OCH3 is 1. The molecule has 31 heavy (non-hydrogen) atoms. The van der Waals surface area contributed by atoms with Crippen molar-refractivity contribution < 1.29 is 9.53 Å². The van der Waals surface area contributed by atoms with E-state index in [4.69, 9.17) is 27.9 Å². The highest BCUT2D eigenvalue weighted by molar-refractivity contribution is 6.42. The average Bonchev–Trinajstić information content (AvgIpc) is 3.22. The molecule has 4 rings (SSSR count). The topological polar surface area (TPSA) is 69.0 Å². The second-order valence-corrected chi connectivity index (χ2v) is 7.64. The highest BCUT2D eigenvalue weighted by atomic mass is 35.5. The van der Waals surface area contributed by atoms with Gasteiger partial charge in [0.2, 0.25) is 5.82 Å². The van der Waals surface area contributed by atoms with Crippen LogP contribution in [-0.4, -0.2) is 27.8 Å². The van der Waals surface area contributed by atoms with Gasteiger partial charge in [-0.05, 0) is 55.5 Å². The molecular weight excluding hydrogens is 435 g/mol. The molecule has 4 aromatic rings. The maximum atomic E-state index is 12.9. The van der Waals surface area contributed by atoms with Crippen molar-refractivity contribution in [3.05, 3.63) is 88.2 Å². The van der Waals surface area contributed by atoms with E-state index in [0.717, 1.165) is 11.1 Å². The summed E-state index contributed by atoms with van der Waals surface area (Å²) < 4.78 is 6.73. The fourth-order valence-electron chi connectivity index (χ4n) is 3.04. The molecule has 1 aromatic heterocycles. The molecule has 1 amide bonds. The summed E-state index contributed by atoms with van der Waals surface area (Å²) in [5.74, 6) is 0.806. The summed E-state index contributed by atoms with van der Waals surface area (Å²) in [6.45, 7) is 1.99. The number of nitrogens with one attached hydrogen (secondary N) is 1. The molecule has 0 radical (unpaired) electrons. The fraction of sp³-hybridized carbons (Fsp3) is 0.0870. The van der Waals surface area contributed by atoms with Crippen molar-refractivity contribution in [2.24, 2.45) is 0 Å². The maximum absolute atomic E-state index is 12.9. The van der Waals surface area contributed by atoms with Crippen LogP contribution < -0.4 is 10.1 Å². The van der Waals surface area contributed by atoms with Crippen LogP contribution >= 0.6 is 23.2 Å². The van der Waals surface area contributed by atoms with Gasteiger partial charge in [-0.1, -0.05) is 47.0 Å². The molecule has 0 unspecified atom stereocenters. The zero-order chi connectivity index (χ0) is 22.0. The minimum Gasteiger partial charge on any atom is -0.497 e. The average molecular weight is 453 g/mol. The Bertz CT molecular complexity index is 1250. The Kier molecular flexibility index (Phi) is 5.93. The molecule has 0 fully saturated rings. The van der Waals surface area contributed by atoms with Crippen LogP contribution in [0.5, 0.6) is 5.75 Å². The van der Waals surface area contributed by atoms with Crippen molar-refractivity contribution in [2.75, 3.05) is 12.4 Å². The van der Waals surface area contributed by atoms with Crippen LogP contribution in [0.15, 0.2) is 66.7 Å². The number of anilines is 1. The van der Waals surface area contributed by atoms with Gasteiger partial charge in [-0.15, -0.1) is 5.10 Å². The van der Waals surface area contributed by atoms with E-state index >= 15 is 0 Å². The van der Waals surface area contributed by atoms with Crippen LogP contribution in [0.2, 0.25) is 10.0 Å². The molecular formula is C23H18Cl2N4O2. The number of nitrogens with zero attached hydrogens (tertiary/aromatic N) is 3. The van der Waals surface area contributed by atoms with E-state index in [2.05, 4.69) is 15.4 Å². The van der Waals surface area contributed by atoms with E-state index in [1.807, 2.05) is 31.2 Å². The number of benzene rings is 3. The number of carbonyl (C=O) groups is 1. The van der Waals surface area contributed by atoms with Crippen LogP contribution in [0, 0.1) is 6.92 Å². The fourth-order valence-corrected chi connectivity index (χ4v) is 3.33. The lowest BCUT2D eigenvalue weighted by Gasteiger charge is -2.07. The highest BCUT2D eigenvalue weighted by Gasteiger charge is 2.19. The van der Waals surface area contributed by atoms with Crippen molar-refractivity contribution in [3.8, 4) is 22.8 Å². The first-order chi connectivity index (χ1) is 14.9. The van der Waals surface area contributed by atoms with Crippen molar-refractivity contribution >= 4 is 34.8 Å². The van der Waals surface area contributed by atoms with Crippen LogP contribution in [-0.2, 0) is 0 Å². The Morgan fingerprint density at radius 1 is 1.00 bits per heavy atom. The van der Waals surface area contributed by atoms with Crippen molar-refractivity contribution in [2.45, 2.75) is 6.92 Å². The Balaban J connectivity index is 1.74. The first-order valence-electron chi connectivity index (χ1n) is 9.39. The normalized spacial score (nSPS) is 10.7. The van der Waals surface area contributed by atoms with Gasteiger partial charge < -0.3 is 10.1 Å². The number of ether oxygens (including phenoxy) is 1. The molecule has 1 N–H and O–H groups in total. The summed E-state index contributed by atoms with van der Waals surface area (Å²) >= 11 is 12.3. The summed E-state index contributed by atoms with van der Waals surface area (Å²) in [5, 5.41) is 8.07. The van der Waals surface area contributed by atoms with Crippen LogP contribution in [0.1, 0.15) is 16.2 Å². The number of halogens is 2. The smallest absolute Gasteiger partial charge is 0.295 e. The minimum atomic E-state index is -0.433. The molecule has 1 heterocycles. The Hall–Kier alpha value is -3.35. The third-order valence-electron chi connectivity index (χ3n) is 4.58. The predicted octanol–water partition coefficient (Wildman–Crippen LogP) is 5.81. The van der Waals surface area contributed by atoms with Gasteiger partial charge in [-0.25, -0.2) is 9.67 Å². The molecule has 8 heteroatoms. The second kappa shape index (κ2) is 8.79. The molecule has 0 aliphatic heterocycles. The van der Waals surface area contributed by atoms with Crippen molar-refractivity contribution in [3.63, 3.8) is 0 Å². The molecule has 6 nitrogen and oxygen atoms in total. The number of carbonyl (C=O) groups excluding carboxylic acids is 1. The molecule has 0 saturated carbocycles. The summed E-state index contributed by atoms with van der Waals surface area (Å²) in [5.41, 5.74) is 3.13. The first kappa shape index (κ1) is 20.9. The molecule has 3 aromatic carbocycles. The molecule has 0 saturated heterocycles. The Morgan fingerprint density at radius 2 is 1.77 bits per heavy atom. The van der Waals surface area contributed by atoms with Gasteiger partial charge in [-0.2, -0.15) is 0 Å². The standard InChI is InChI=1S/C23H18Cl2N4O2/c1-14-4-3-5-15(12-14)22-27-21(23(30)26-16-6-9-18(31-2)10-7-16)28-29(22)17-8-11-19(24)20(25)13-17/h3-13H,1-2H3,(H,26,30). The van der Waals surface area contributed by atoms with Gasteiger partial charge in [0.25, 0.3) is 5.91 Å². The number of hydrogen-bond acceptors (Lipinski definition) is 4. The number of rotatable bonds is 5. The minimum absolute atomic E-state index is 0.0263. The summed E-state index contributed by atoms with van der Waals surface area (Å²) in [7, 11) is 1.58. The zero-order valence-electron chi connectivity index (χ0n) is 16.8. The Morgan fingerprint density at radius 3 is 2.45 bits per heavy atom. The van der Waals surface area contributed by atoms with Crippen LogP contribution in [0.3, 0.4) is 0 Å². The molecule has 156 valence electrons. The summed E-state index contributed by atoms with van der Waals surface area (Å²) in [6, 6.07) is 19.9. The summed E-state index contributed by atoms with van der Waals surface area (Å²) in [4.78, 5) is 17.4. The molecule has 0 aliphatic carbocycles. The van der Waals surface area contributed by atoms with Gasteiger partial charge in [0.1, 0.15) is 5.75 Å². The maximum Gasteiger partial charge on any atom is 0.295 e. The monoisotopic (exact) mass is 452 g/mol. The van der Waals surface area contributed by atoms with Crippen molar-refractivity contribution in [1.29, 1.82) is 0 Å². The number of aryl methyl sites for hydroxylation is 1. The summed E-state index contributed by atoms with van der Waals surface area (Å²) in [6.07, 6.45) is 0. The highest BCUT2D eigenvalue weighted by Crippen LogP contribution is 2.28. The SMILES string of the molecule is COc1ccc(NC(=O)c2nc(-c3cccc(C)c3)n(-c3ccc(Cl)c(Cl)c3)n2)cc1. The van der Waals surface area contributed by atoms with Gasteiger partial charge in [-0.3, -0.25) is 4.79 Å². The first-order valence-corrected chi connectivity index (χ1v) is 10.1. The molecule has 0 bridgehead atoms. The third kappa shape index (κ3) is 4.55. The molecule has 0 spiro atoms. The third-order valence-corrected chi connectivity index (χ3v) is 5.32. The van der Waals surface area contributed by atoms with Gasteiger partial charge in [0.05, 0.1) is 22.8 Å². The second-order valence-electron chi connectivity index (χ2n) is 6.82. The van der Waals surface area contributed by atoms with Crippen LogP contribution in [0.25, 0.3) is 17.1 Å². The lowest BCUT2D eigenvalue weighted by molar-refractivity contribution is 0.101.